The van der Waals surface area contributed by atoms with Crippen LogP contribution in [0.15, 0.2) is 25.3 Å². The Hall–Kier alpha value is -0.823. The topological polar surface area (TPSA) is 18.5 Å². The molecular weight excluding hydrogens is 204 g/mol. The van der Waals surface area contributed by atoms with Gasteiger partial charge in [-0.15, -0.1) is 18.7 Å². The Morgan fingerprint density at radius 3 is 1.93 bits per heavy atom. The van der Waals surface area contributed by atoms with Gasteiger partial charge >= 0.3 is 0 Å². The Bertz CT molecular complexity index is 243. The van der Waals surface area contributed by atoms with E-state index in [1.54, 1.807) is 12.2 Å². The van der Waals surface area contributed by atoms with Crippen LogP contribution in [0.1, 0.15) is 0 Å². The normalized spacial score (nSPS) is 10.7. The molecule has 3 heteroatoms. The maximum Gasteiger partial charge on any atom is 0.222 e. The highest BCUT2D eigenvalue weighted by Crippen LogP contribution is 1.99. The van der Waals surface area contributed by atoms with E-state index in [-0.39, 0.29) is 0 Å². The molecule has 0 aromatic heterocycles. The van der Waals surface area contributed by atoms with Gasteiger partial charge in [-0.2, -0.15) is 0 Å². The van der Waals surface area contributed by atoms with E-state index in [1.165, 1.54) is 0 Å². The molecule has 0 saturated heterocycles. The van der Waals surface area contributed by atoms with Crippen molar-refractivity contribution in [3.8, 4) is 11.5 Å². The van der Waals surface area contributed by atoms with Crippen LogP contribution in [0.25, 0.3) is 0 Å². The largest absolute Gasteiger partial charge is 0.338 e. The molecule has 0 bridgehead atoms. The fourth-order valence-corrected chi connectivity index (χ4v) is 1.27. The molecule has 0 saturated carbocycles. The first kappa shape index (κ1) is 14.2. The molecule has 0 atom stereocenters. The first-order valence-corrected chi connectivity index (χ1v) is 8.47. The summed E-state index contributed by atoms with van der Waals surface area (Å²) in [5.74, 6) is 3.00. The van der Waals surface area contributed by atoms with E-state index >= 15 is 0 Å². The van der Waals surface area contributed by atoms with Gasteiger partial charge in [-0.25, -0.2) is 0 Å². The zero-order chi connectivity index (χ0) is 11.7. The van der Waals surface area contributed by atoms with Crippen molar-refractivity contribution in [2.45, 2.75) is 25.9 Å². The van der Waals surface area contributed by atoms with E-state index in [2.05, 4.69) is 44.3 Å². The molecular formula is C12H20O2Si. The predicted octanol–water partition coefficient (Wildman–Crippen LogP) is 2.60. The quantitative estimate of drug-likeness (QED) is 0.299. The molecule has 2 nitrogen and oxygen atoms in total. The van der Waals surface area contributed by atoms with E-state index < -0.39 is 14.4 Å². The van der Waals surface area contributed by atoms with Gasteiger partial charge in [-0.3, -0.25) is 0 Å². The average Bonchev–Trinajstić information content (AvgIpc) is 2.15. The van der Waals surface area contributed by atoms with Crippen molar-refractivity contribution in [1.82, 2.24) is 0 Å². The predicted molar refractivity (Wildman–Crippen MR) is 67.2 cm³/mol. The van der Waals surface area contributed by atoms with Gasteiger partial charge in [0.15, 0.2) is 0 Å². The van der Waals surface area contributed by atoms with E-state index in [0.29, 0.717) is 13.2 Å². The molecule has 0 aliphatic carbocycles. The van der Waals surface area contributed by atoms with E-state index in [9.17, 15) is 0 Å². The van der Waals surface area contributed by atoms with Crippen LogP contribution in [0.3, 0.4) is 0 Å². The van der Waals surface area contributed by atoms with Crippen molar-refractivity contribution in [2.75, 3.05) is 13.2 Å². The molecule has 0 aliphatic rings. The minimum absolute atomic E-state index is 0.447. The number of rotatable bonds is 6. The Morgan fingerprint density at radius 1 is 1.13 bits per heavy atom. The number of hydrogen-bond donors (Lipinski definition) is 0. The maximum absolute atomic E-state index is 5.35. The third-order valence-corrected chi connectivity index (χ3v) is 2.19. The molecule has 0 spiro atoms. The van der Waals surface area contributed by atoms with Crippen LogP contribution >= 0.6 is 0 Å². The van der Waals surface area contributed by atoms with Crippen LogP contribution in [-0.2, 0) is 9.47 Å². The molecule has 0 aromatic rings. The molecule has 0 amide bonds. The molecule has 0 unspecified atom stereocenters. The second kappa shape index (κ2) is 7.47. The molecule has 0 heterocycles. The van der Waals surface area contributed by atoms with Crippen molar-refractivity contribution in [3.63, 3.8) is 0 Å². The van der Waals surface area contributed by atoms with Crippen molar-refractivity contribution < 1.29 is 9.47 Å². The van der Waals surface area contributed by atoms with Gasteiger partial charge in [0.2, 0.25) is 6.29 Å². The number of ether oxygens (including phenoxy) is 2. The van der Waals surface area contributed by atoms with Gasteiger partial charge in [-0.05, 0) is 5.92 Å². The smallest absolute Gasteiger partial charge is 0.222 e. The van der Waals surface area contributed by atoms with Crippen LogP contribution in [0.2, 0.25) is 19.6 Å². The van der Waals surface area contributed by atoms with Crippen molar-refractivity contribution >= 4 is 8.07 Å². The summed E-state index contributed by atoms with van der Waals surface area (Å²) in [6, 6.07) is 0. The monoisotopic (exact) mass is 224 g/mol. The Labute approximate surface area is 94.0 Å². The molecule has 0 aliphatic heterocycles. The summed E-state index contributed by atoms with van der Waals surface area (Å²) in [5, 5.41) is 0. The van der Waals surface area contributed by atoms with Crippen LogP contribution in [-0.4, -0.2) is 27.6 Å². The van der Waals surface area contributed by atoms with Crippen molar-refractivity contribution in [3.05, 3.63) is 25.3 Å². The van der Waals surface area contributed by atoms with E-state index in [0.717, 1.165) is 0 Å². The number of hydrogen-bond acceptors (Lipinski definition) is 2. The molecule has 0 rings (SSSR count). The van der Waals surface area contributed by atoms with Gasteiger partial charge in [-0.1, -0.05) is 31.8 Å². The van der Waals surface area contributed by atoms with Crippen molar-refractivity contribution in [1.29, 1.82) is 0 Å². The fourth-order valence-electron chi connectivity index (χ4n) is 0.718. The zero-order valence-corrected chi connectivity index (χ0v) is 10.9. The molecule has 0 fully saturated rings. The van der Waals surface area contributed by atoms with Gasteiger partial charge < -0.3 is 9.47 Å². The van der Waals surface area contributed by atoms with Crippen LogP contribution in [0, 0.1) is 11.5 Å². The van der Waals surface area contributed by atoms with Gasteiger partial charge in [0, 0.05) is 0 Å². The highest BCUT2D eigenvalue weighted by molar-refractivity contribution is 6.83. The third-order valence-electron chi connectivity index (χ3n) is 1.30. The lowest BCUT2D eigenvalue weighted by molar-refractivity contribution is -0.0867. The average molecular weight is 224 g/mol. The molecule has 84 valence electrons. The summed E-state index contributed by atoms with van der Waals surface area (Å²) in [5.41, 5.74) is 3.21. The zero-order valence-electron chi connectivity index (χ0n) is 9.88. The standard InChI is InChI=1S/C12H20O2Si/c1-6-9-13-12(14-10-7-2)8-11-15(3,4)5/h6-7,12H,1-2,9-10H2,3-5H3. The first-order chi connectivity index (χ1) is 6.99. The van der Waals surface area contributed by atoms with E-state index in [1.807, 2.05) is 0 Å². The summed E-state index contributed by atoms with van der Waals surface area (Å²) < 4.78 is 10.7. The summed E-state index contributed by atoms with van der Waals surface area (Å²) >= 11 is 0. The lowest BCUT2D eigenvalue weighted by atomic mass is 10.6. The Kier molecular flexibility index (Phi) is 7.06. The molecule has 0 N–H and O–H groups in total. The third kappa shape index (κ3) is 9.48. The van der Waals surface area contributed by atoms with E-state index in [4.69, 9.17) is 9.47 Å². The molecule has 15 heavy (non-hydrogen) atoms. The highest BCUT2D eigenvalue weighted by atomic mass is 28.3. The van der Waals surface area contributed by atoms with Crippen LogP contribution in [0.4, 0.5) is 0 Å². The lowest BCUT2D eigenvalue weighted by Gasteiger charge is -2.12. The second-order valence-electron chi connectivity index (χ2n) is 4.10. The van der Waals surface area contributed by atoms with Gasteiger partial charge in [0.25, 0.3) is 0 Å². The van der Waals surface area contributed by atoms with Crippen LogP contribution in [0.5, 0.6) is 0 Å². The summed E-state index contributed by atoms with van der Waals surface area (Å²) in [6.07, 6.45) is 2.90. The first-order valence-electron chi connectivity index (χ1n) is 4.97. The fraction of sp³-hybridized carbons (Fsp3) is 0.500. The second-order valence-corrected chi connectivity index (χ2v) is 8.85. The summed E-state index contributed by atoms with van der Waals surface area (Å²) in [4.78, 5) is 0. The van der Waals surface area contributed by atoms with Crippen LogP contribution < -0.4 is 0 Å². The maximum atomic E-state index is 5.35. The van der Waals surface area contributed by atoms with Crippen molar-refractivity contribution in [2.24, 2.45) is 0 Å². The minimum Gasteiger partial charge on any atom is -0.338 e. The van der Waals surface area contributed by atoms with Gasteiger partial charge in [0.1, 0.15) is 8.07 Å². The highest BCUT2D eigenvalue weighted by Gasteiger charge is 2.10. The summed E-state index contributed by atoms with van der Waals surface area (Å²) in [6.45, 7) is 14.6. The molecule has 0 radical (unpaired) electrons. The summed E-state index contributed by atoms with van der Waals surface area (Å²) in [7, 11) is -1.37. The van der Waals surface area contributed by atoms with Gasteiger partial charge in [0.05, 0.1) is 13.2 Å². The Balaban J connectivity index is 4.25. The minimum atomic E-state index is -1.37. The SMILES string of the molecule is C=CCOC(C#C[Si](C)(C)C)OCC=C. The lowest BCUT2D eigenvalue weighted by Crippen LogP contribution is -2.20. The molecule has 0 aromatic carbocycles. The Morgan fingerprint density at radius 2 is 1.60 bits per heavy atom.